The number of rotatable bonds is 13. The summed E-state index contributed by atoms with van der Waals surface area (Å²) in [6.45, 7) is 3.08. The van der Waals surface area contributed by atoms with Gasteiger partial charge in [-0.05, 0) is 37.5 Å². The number of aliphatic carboxylic acids is 1. The van der Waals surface area contributed by atoms with E-state index in [1.54, 1.807) is 0 Å². The Labute approximate surface area is 152 Å². The lowest BCUT2D eigenvalue weighted by atomic mass is 9.83. The summed E-state index contributed by atoms with van der Waals surface area (Å²) in [6, 6.07) is 0. The van der Waals surface area contributed by atoms with Crippen LogP contribution in [0.3, 0.4) is 0 Å². The van der Waals surface area contributed by atoms with Crippen LogP contribution in [-0.2, 0) is 9.53 Å². The van der Waals surface area contributed by atoms with Crippen LogP contribution in [0.2, 0.25) is 0 Å². The molecule has 0 aromatic rings. The number of carbonyl (C=O) groups is 1. The van der Waals surface area contributed by atoms with Gasteiger partial charge in [0.05, 0.1) is 18.8 Å². The number of aliphatic hydroxyl groups excluding tert-OH is 1. The van der Waals surface area contributed by atoms with Crippen LogP contribution >= 0.6 is 0 Å². The van der Waals surface area contributed by atoms with Gasteiger partial charge >= 0.3 is 5.97 Å². The zero-order chi connectivity index (χ0) is 18.1. The molecule has 4 nitrogen and oxygen atoms in total. The highest BCUT2D eigenvalue weighted by atomic mass is 16.5. The fraction of sp³-hybridized carbons (Fsp3) is 0.857. The Hall–Kier alpha value is -0.870. The van der Waals surface area contributed by atoms with E-state index in [-0.39, 0.29) is 6.10 Å². The quantitative estimate of drug-likeness (QED) is 0.377. The van der Waals surface area contributed by atoms with E-state index < -0.39 is 5.97 Å². The molecule has 2 rings (SSSR count). The van der Waals surface area contributed by atoms with Crippen LogP contribution in [0.25, 0.3) is 0 Å². The molecule has 1 aliphatic heterocycles. The Bertz CT molecular complexity index is 420. The molecule has 1 heterocycles. The largest absolute Gasteiger partial charge is 0.481 e. The summed E-state index contributed by atoms with van der Waals surface area (Å²) in [5, 5.41) is 18.8. The van der Waals surface area contributed by atoms with Crippen molar-refractivity contribution in [1.82, 2.24) is 0 Å². The van der Waals surface area contributed by atoms with Gasteiger partial charge in [-0.25, -0.2) is 0 Å². The number of aliphatic hydroxyl groups is 1. The van der Waals surface area contributed by atoms with E-state index in [2.05, 4.69) is 13.0 Å². The molecule has 0 aromatic heterocycles. The fourth-order valence-corrected chi connectivity index (χ4v) is 4.50. The Kier molecular flexibility index (Phi) is 8.97. The van der Waals surface area contributed by atoms with Gasteiger partial charge in [0.2, 0.25) is 0 Å². The monoisotopic (exact) mass is 352 g/mol. The van der Waals surface area contributed by atoms with Gasteiger partial charge in [0.25, 0.3) is 0 Å². The topological polar surface area (TPSA) is 66.8 Å². The zero-order valence-electron chi connectivity index (χ0n) is 15.7. The van der Waals surface area contributed by atoms with Crippen molar-refractivity contribution in [2.24, 2.45) is 17.8 Å². The number of carboxylic acid groups (broad SMARTS) is 1. The lowest BCUT2D eigenvalue weighted by Crippen LogP contribution is -2.28. The van der Waals surface area contributed by atoms with Crippen molar-refractivity contribution >= 4 is 5.97 Å². The molecule has 4 heteroatoms. The second-order valence-corrected chi connectivity index (χ2v) is 7.90. The van der Waals surface area contributed by atoms with Crippen LogP contribution in [0.4, 0.5) is 0 Å². The molecule has 2 fully saturated rings. The maximum atomic E-state index is 10.5. The van der Waals surface area contributed by atoms with Crippen molar-refractivity contribution in [3.63, 3.8) is 0 Å². The van der Waals surface area contributed by atoms with Crippen LogP contribution in [0.15, 0.2) is 12.2 Å². The molecule has 2 aliphatic rings. The third kappa shape index (κ3) is 6.74. The Morgan fingerprint density at radius 3 is 2.76 bits per heavy atom. The Morgan fingerprint density at radius 1 is 1.20 bits per heavy atom. The highest BCUT2D eigenvalue weighted by molar-refractivity contribution is 5.66. The summed E-state index contributed by atoms with van der Waals surface area (Å²) in [4.78, 5) is 10.5. The number of fused-ring (bicyclic) bond motifs is 2. The van der Waals surface area contributed by atoms with Crippen molar-refractivity contribution in [3.05, 3.63) is 12.2 Å². The van der Waals surface area contributed by atoms with Crippen LogP contribution in [0.1, 0.15) is 77.6 Å². The maximum absolute atomic E-state index is 10.5. The molecule has 1 saturated heterocycles. The van der Waals surface area contributed by atoms with Gasteiger partial charge in [0, 0.05) is 12.3 Å². The molecular weight excluding hydrogens is 316 g/mol. The summed E-state index contributed by atoms with van der Waals surface area (Å²) >= 11 is 0. The predicted octanol–water partition coefficient (Wildman–Crippen LogP) is 4.56. The molecule has 0 aromatic carbocycles. The van der Waals surface area contributed by atoms with Gasteiger partial charge in [-0.2, -0.15) is 0 Å². The number of ether oxygens (including phenoxy) is 1. The Morgan fingerprint density at radius 2 is 2.00 bits per heavy atom. The lowest BCUT2D eigenvalue weighted by molar-refractivity contribution is -0.137. The normalized spacial score (nSPS) is 29.5. The summed E-state index contributed by atoms with van der Waals surface area (Å²) in [6.07, 6.45) is 15.4. The van der Waals surface area contributed by atoms with Crippen molar-refractivity contribution in [3.8, 4) is 0 Å². The van der Waals surface area contributed by atoms with Gasteiger partial charge in [0.1, 0.15) is 0 Å². The first-order chi connectivity index (χ1) is 12.1. The summed E-state index contributed by atoms with van der Waals surface area (Å²) in [5.74, 6) is 1.12. The van der Waals surface area contributed by atoms with E-state index in [1.165, 1.54) is 32.1 Å². The van der Waals surface area contributed by atoms with Gasteiger partial charge in [-0.1, -0.05) is 57.6 Å². The first-order valence-electron chi connectivity index (χ1n) is 10.3. The first-order valence-corrected chi connectivity index (χ1v) is 10.3. The Balaban J connectivity index is 1.71. The molecule has 0 radical (unpaired) electrons. The van der Waals surface area contributed by atoms with E-state index in [4.69, 9.17) is 9.84 Å². The fourth-order valence-electron chi connectivity index (χ4n) is 4.50. The molecule has 0 unspecified atom stereocenters. The lowest BCUT2D eigenvalue weighted by Gasteiger charge is -2.29. The molecule has 5 atom stereocenters. The minimum absolute atomic E-state index is 0.295. The van der Waals surface area contributed by atoms with Gasteiger partial charge in [0.15, 0.2) is 0 Å². The molecule has 0 spiro atoms. The minimum Gasteiger partial charge on any atom is -0.481 e. The number of hydrogen-bond donors (Lipinski definition) is 2. The molecule has 2 bridgehead atoms. The van der Waals surface area contributed by atoms with Crippen molar-refractivity contribution in [2.75, 3.05) is 6.61 Å². The van der Waals surface area contributed by atoms with Crippen LogP contribution in [0.5, 0.6) is 0 Å². The van der Waals surface area contributed by atoms with E-state index in [1.807, 2.05) is 6.08 Å². The second kappa shape index (κ2) is 11.0. The standard InChI is InChI=1S/C21H36O4/c1-2-3-6-9-17(22)12-13-19-18(16-14-20(19)25-15-16)10-7-4-5-8-11-21(23)24/h12-13,16-20,22H,2-11,14-15H2,1H3,(H,23,24)/b13-12+/t16-,17-,18-,19+,20-/m0/s1. The number of unbranched alkanes of at least 4 members (excludes halogenated alkanes) is 5. The molecule has 2 N–H and O–H groups in total. The van der Waals surface area contributed by atoms with Gasteiger partial charge < -0.3 is 14.9 Å². The number of hydrogen-bond acceptors (Lipinski definition) is 3. The molecular formula is C21H36O4. The predicted molar refractivity (Wildman–Crippen MR) is 99.5 cm³/mol. The molecule has 144 valence electrons. The van der Waals surface area contributed by atoms with Crippen molar-refractivity contribution < 1.29 is 19.7 Å². The van der Waals surface area contributed by atoms with Gasteiger partial charge in [-0.15, -0.1) is 0 Å². The van der Waals surface area contributed by atoms with Crippen LogP contribution in [-0.4, -0.2) is 35.0 Å². The molecule has 0 amide bonds. The van der Waals surface area contributed by atoms with Crippen LogP contribution in [0, 0.1) is 17.8 Å². The minimum atomic E-state index is -0.687. The SMILES string of the molecule is CCCCC[C@H](O)/C=C/[C@@H]1[C@@H](CCCCCCC(=O)O)[C@@H]2CO[C@H]1C2. The first kappa shape index (κ1) is 20.4. The molecule has 1 saturated carbocycles. The van der Waals surface area contributed by atoms with Crippen LogP contribution < -0.4 is 0 Å². The molecule has 25 heavy (non-hydrogen) atoms. The van der Waals surface area contributed by atoms with E-state index in [0.717, 1.165) is 38.7 Å². The van der Waals surface area contributed by atoms with Crippen molar-refractivity contribution in [2.45, 2.75) is 89.8 Å². The maximum Gasteiger partial charge on any atom is 0.303 e. The highest BCUT2D eigenvalue weighted by Gasteiger charge is 2.46. The third-order valence-corrected chi connectivity index (χ3v) is 5.93. The molecule has 1 aliphatic carbocycles. The van der Waals surface area contributed by atoms with E-state index >= 15 is 0 Å². The zero-order valence-corrected chi connectivity index (χ0v) is 15.7. The summed E-state index contributed by atoms with van der Waals surface area (Å²) in [7, 11) is 0. The number of carboxylic acids is 1. The van der Waals surface area contributed by atoms with Gasteiger partial charge in [-0.3, -0.25) is 4.79 Å². The van der Waals surface area contributed by atoms with E-state index in [9.17, 15) is 9.90 Å². The summed E-state index contributed by atoms with van der Waals surface area (Å²) < 4.78 is 5.90. The second-order valence-electron chi connectivity index (χ2n) is 7.90. The van der Waals surface area contributed by atoms with E-state index in [0.29, 0.717) is 30.3 Å². The third-order valence-electron chi connectivity index (χ3n) is 5.93. The van der Waals surface area contributed by atoms with Crippen molar-refractivity contribution in [1.29, 1.82) is 0 Å². The smallest absolute Gasteiger partial charge is 0.303 e. The average molecular weight is 353 g/mol. The summed E-state index contributed by atoms with van der Waals surface area (Å²) in [5.41, 5.74) is 0. The highest BCUT2D eigenvalue weighted by Crippen LogP contribution is 2.47. The average Bonchev–Trinajstić information content (AvgIpc) is 3.17.